The van der Waals surface area contributed by atoms with Gasteiger partial charge < -0.3 is 0 Å². The van der Waals surface area contributed by atoms with Crippen LogP contribution < -0.4 is 0 Å². The van der Waals surface area contributed by atoms with Crippen LogP contribution in [0.15, 0.2) is 72.8 Å². The van der Waals surface area contributed by atoms with E-state index in [2.05, 4.69) is 72.8 Å². The Kier molecular flexibility index (Phi) is 5.95. The zero-order valence-electron chi connectivity index (χ0n) is 11.5. The molecule has 0 aliphatic heterocycles. The first kappa shape index (κ1) is 13.6. The third-order valence-electron chi connectivity index (χ3n) is 3.29. The molecule has 0 saturated heterocycles. The second kappa shape index (κ2) is 8.31. The van der Waals surface area contributed by atoms with Gasteiger partial charge in [0.15, 0.2) is 0 Å². The Labute approximate surface area is 116 Å². The van der Waals surface area contributed by atoms with Crippen molar-refractivity contribution in [2.24, 2.45) is 0 Å². The van der Waals surface area contributed by atoms with E-state index in [4.69, 9.17) is 0 Å². The van der Waals surface area contributed by atoms with E-state index in [1.165, 1.54) is 30.4 Å². The molecule has 0 nitrogen and oxygen atoms in total. The first-order valence-electron chi connectivity index (χ1n) is 7.18. The first-order chi connectivity index (χ1) is 9.45. The van der Waals surface area contributed by atoms with Gasteiger partial charge in [-0.25, -0.2) is 0 Å². The lowest BCUT2D eigenvalue weighted by molar-refractivity contribution is 0.838. The van der Waals surface area contributed by atoms with Gasteiger partial charge in [-0.15, -0.1) is 0 Å². The van der Waals surface area contributed by atoms with Gasteiger partial charge in [0.25, 0.3) is 0 Å². The summed E-state index contributed by atoms with van der Waals surface area (Å²) in [6.45, 7) is 0. The van der Waals surface area contributed by atoms with Crippen molar-refractivity contribution in [1.29, 1.82) is 0 Å². The van der Waals surface area contributed by atoms with E-state index in [9.17, 15) is 0 Å². The number of hydrogen-bond donors (Lipinski definition) is 0. The SMILES string of the molecule is C(=CCCc1ccccc1)CCCc1ccccc1. The molecular formula is C19H22. The maximum Gasteiger partial charge on any atom is -0.0244 e. The van der Waals surface area contributed by atoms with Crippen molar-refractivity contribution < 1.29 is 0 Å². The van der Waals surface area contributed by atoms with E-state index in [0.29, 0.717) is 0 Å². The highest BCUT2D eigenvalue weighted by Crippen LogP contribution is 2.06. The van der Waals surface area contributed by atoms with Crippen LogP contribution in [0.25, 0.3) is 0 Å². The molecule has 0 atom stereocenters. The summed E-state index contributed by atoms with van der Waals surface area (Å²) >= 11 is 0. The molecule has 2 rings (SSSR count). The lowest BCUT2D eigenvalue weighted by Gasteiger charge is -1.98. The number of allylic oxidation sites excluding steroid dienone is 2. The number of unbranched alkanes of at least 4 members (excludes halogenated alkanes) is 1. The van der Waals surface area contributed by atoms with Gasteiger partial charge in [0.05, 0.1) is 0 Å². The largest absolute Gasteiger partial charge is 0.0885 e. The molecule has 2 aromatic carbocycles. The Morgan fingerprint density at radius 2 is 1.11 bits per heavy atom. The molecule has 0 amide bonds. The first-order valence-corrected chi connectivity index (χ1v) is 7.18. The Morgan fingerprint density at radius 1 is 0.579 bits per heavy atom. The molecule has 2 aromatic rings. The quantitative estimate of drug-likeness (QED) is 0.468. The Balaban J connectivity index is 1.57. The minimum atomic E-state index is 1.15. The molecule has 0 aromatic heterocycles. The van der Waals surface area contributed by atoms with Crippen molar-refractivity contribution in [2.75, 3.05) is 0 Å². The molecule has 0 aliphatic carbocycles. The number of aryl methyl sites for hydroxylation is 2. The molecule has 0 spiro atoms. The maximum atomic E-state index is 2.33. The van der Waals surface area contributed by atoms with Gasteiger partial charge in [0, 0.05) is 0 Å². The molecule has 0 aliphatic rings. The highest BCUT2D eigenvalue weighted by atomic mass is 14.0. The molecule has 0 radical (unpaired) electrons. The fraction of sp³-hybridized carbons (Fsp3) is 0.263. The summed E-state index contributed by atoms with van der Waals surface area (Å²) in [7, 11) is 0. The summed E-state index contributed by atoms with van der Waals surface area (Å²) in [5.41, 5.74) is 2.87. The van der Waals surface area contributed by atoms with Gasteiger partial charge >= 0.3 is 0 Å². The molecule has 0 saturated carbocycles. The Hall–Kier alpha value is -1.82. The van der Waals surface area contributed by atoms with E-state index in [-0.39, 0.29) is 0 Å². The average Bonchev–Trinajstić information content (AvgIpc) is 2.48. The molecule has 0 bridgehead atoms. The standard InChI is InChI=1S/C19H22/c1(2-6-12-18-14-8-4-9-15-18)3-7-13-19-16-10-5-11-17-19/h1-2,4-5,8-11,14-17H,3,6-7,12-13H2. The zero-order valence-corrected chi connectivity index (χ0v) is 11.5. The zero-order chi connectivity index (χ0) is 13.2. The lowest BCUT2D eigenvalue weighted by atomic mass is 10.1. The van der Waals surface area contributed by atoms with Crippen LogP contribution in [0.4, 0.5) is 0 Å². The summed E-state index contributed by atoms with van der Waals surface area (Å²) in [4.78, 5) is 0. The number of hydrogen-bond acceptors (Lipinski definition) is 0. The van der Waals surface area contributed by atoms with Crippen LogP contribution in [-0.2, 0) is 12.8 Å². The van der Waals surface area contributed by atoms with E-state index in [1.54, 1.807) is 0 Å². The van der Waals surface area contributed by atoms with Gasteiger partial charge in [-0.05, 0) is 43.2 Å². The Morgan fingerprint density at radius 3 is 1.74 bits per heavy atom. The van der Waals surface area contributed by atoms with Crippen molar-refractivity contribution in [1.82, 2.24) is 0 Å². The highest BCUT2D eigenvalue weighted by Gasteiger charge is 1.90. The lowest BCUT2D eigenvalue weighted by Crippen LogP contribution is -1.83. The van der Waals surface area contributed by atoms with Crippen molar-refractivity contribution in [2.45, 2.75) is 32.1 Å². The minimum absolute atomic E-state index is 1.15. The van der Waals surface area contributed by atoms with Crippen molar-refractivity contribution >= 4 is 0 Å². The maximum absolute atomic E-state index is 2.33. The predicted octanol–water partition coefficient (Wildman–Crippen LogP) is 5.20. The van der Waals surface area contributed by atoms with E-state index in [0.717, 1.165) is 12.8 Å². The van der Waals surface area contributed by atoms with Gasteiger partial charge in [-0.3, -0.25) is 0 Å². The van der Waals surface area contributed by atoms with Crippen LogP contribution in [-0.4, -0.2) is 0 Å². The summed E-state index contributed by atoms with van der Waals surface area (Å²) in [5.74, 6) is 0. The van der Waals surface area contributed by atoms with Crippen LogP contribution in [0.1, 0.15) is 30.4 Å². The van der Waals surface area contributed by atoms with Crippen LogP contribution in [0.5, 0.6) is 0 Å². The third-order valence-corrected chi connectivity index (χ3v) is 3.29. The van der Waals surface area contributed by atoms with Crippen LogP contribution in [0.2, 0.25) is 0 Å². The second-order valence-electron chi connectivity index (χ2n) is 4.87. The van der Waals surface area contributed by atoms with Crippen molar-refractivity contribution in [3.63, 3.8) is 0 Å². The summed E-state index contributed by atoms with van der Waals surface area (Å²) < 4.78 is 0. The fourth-order valence-electron chi connectivity index (χ4n) is 2.20. The molecule has 0 unspecified atom stereocenters. The van der Waals surface area contributed by atoms with Gasteiger partial charge in [0.2, 0.25) is 0 Å². The monoisotopic (exact) mass is 250 g/mol. The molecule has 0 heteroatoms. The average molecular weight is 250 g/mol. The smallest absolute Gasteiger partial charge is 0.0244 e. The highest BCUT2D eigenvalue weighted by molar-refractivity contribution is 5.15. The number of benzene rings is 2. The summed E-state index contributed by atoms with van der Waals surface area (Å²) in [6.07, 6.45) is 10.6. The normalized spacial score (nSPS) is 10.9. The van der Waals surface area contributed by atoms with E-state index in [1.807, 2.05) is 0 Å². The van der Waals surface area contributed by atoms with Crippen molar-refractivity contribution in [3.05, 3.63) is 83.9 Å². The molecule has 98 valence electrons. The third kappa shape index (κ3) is 5.56. The molecule has 19 heavy (non-hydrogen) atoms. The van der Waals surface area contributed by atoms with E-state index >= 15 is 0 Å². The molecule has 0 fully saturated rings. The van der Waals surface area contributed by atoms with Crippen molar-refractivity contribution in [3.8, 4) is 0 Å². The van der Waals surface area contributed by atoms with E-state index < -0.39 is 0 Å². The van der Waals surface area contributed by atoms with Gasteiger partial charge in [0.1, 0.15) is 0 Å². The van der Waals surface area contributed by atoms with Crippen LogP contribution >= 0.6 is 0 Å². The topological polar surface area (TPSA) is 0 Å². The minimum Gasteiger partial charge on any atom is -0.0885 e. The fourth-order valence-corrected chi connectivity index (χ4v) is 2.20. The molecular weight excluding hydrogens is 228 g/mol. The summed E-state index contributed by atoms with van der Waals surface area (Å²) in [6, 6.07) is 21.4. The van der Waals surface area contributed by atoms with Gasteiger partial charge in [-0.2, -0.15) is 0 Å². The second-order valence-corrected chi connectivity index (χ2v) is 4.87. The van der Waals surface area contributed by atoms with Crippen LogP contribution in [0.3, 0.4) is 0 Å². The molecule has 0 N–H and O–H groups in total. The van der Waals surface area contributed by atoms with Gasteiger partial charge in [-0.1, -0.05) is 72.8 Å². The molecule has 0 heterocycles. The number of rotatable bonds is 7. The Bertz CT molecular complexity index is 468. The predicted molar refractivity (Wildman–Crippen MR) is 83.3 cm³/mol. The summed E-state index contributed by atoms with van der Waals surface area (Å²) in [5, 5.41) is 0. The van der Waals surface area contributed by atoms with Crippen LogP contribution in [0, 0.1) is 0 Å².